The number of benzene rings is 1. The van der Waals surface area contributed by atoms with Crippen molar-refractivity contribution in [1.82, 2.24) is 29.9 Å². The van der Waals surface area contributed by atoms with Crippen molar-refractivity contribution in [1.29, 1.82) is 0 Å². The number of hydrogen-bond donors (Lipinski definition) is 2. The predicted octanol–water partition coefficient (Wildman–Crippen LogP) is 4.15. The number of imidazole rings is 1. The molecule has 5 aromatic rings. The summed E-state index contributed by atoms with van der Waals surface area (Å²) in [5.74, 6) is 1.26. The minimum absolute atomic E-state index is 0.270. The maximum absolute atomic E-state index is 13.3. The van der Waals surface area contributed by atoms with Gasteiger partial charge in [0.05, 0.1) is 22.2 Å². The lowest BCUT2D eigenvalue weighted by Gasteiger charge is -2.08. The van der Waals surface area contributed by atoms with Gasteiger partial charge in [0.2, 0.25) is 0 Å². The molecule has 0 spiro atoms. The van der Waals surface area contributed by atoms with E-state index in [1.165, 1.54) is 18.5 Å². The second kappa shape index (κ2) is 7.82. The Balaban J connectivity index is 1.30. The van der Waals surface area contributed by atoms with E-state index in [1.54, 1.807) is 18.5 Å². The fraction of sp³-hybridized carbons (Fsp3) is 0.136. The zero-order valence-electron chi connectivity index (χ0n) is 16.0. The highest BCUT2D eigenvalue weighted by molar-refractivity contribution is 5.86. The number of rotatable bonds is 6. The molecular weight excluding hydrogens is 381 g/mol. The van der Waals surface area contributed by atoms with Gasteiger partial charge in [-0.1, -0.05) is 0 Å². The molecule has 4 heterocycles. The molecule has 4 aromatic heterocycles. The van der Waals surface area contributed by atoms with E-state index in [2.05, 4.69) is 30.2 Å². The minimum atomic E-state index is -0.270. The molecule has 0 atom stereocenters. The Labute approximate surface area is 171 Å². The second-order valence-corrected chi connectivity index (χ2v) is 6.90. The molecule has 8 heteroatoms. The summed E-state index contributed by atoms with van der Waals surface area (Å²) in [7, 11) is 0. The van der Waals surface area contributed by atoms with Crippen LogP contribution in [-0.2, 0) is 6.42 Å². The fourth-order valence-electron chi connectivity index (χ4n) is 3.36. The number of aromatic nitrogens is 6. The quantitative estimate of drug-likeness (QED) is 0.417. The van der Waals surface area contributed by atoms with Gasteiger partial charge in [-0.05, 0) is 48.9 Å². The van der Waals surface area contributed by atoms with Crippen molar-refractivity contribution in [2.75, 3.05) is 11.9 Å². The molecule has 5 rings (SSSR count). The average Bonchev–Trinajstić information content (AvgIpc) is 3.19. The first-order valence-corrected chi connectivity index (χ1v) is 9.66. The zero-order chi connectivity index (χ0) is 20.3. The molecule has 0 radical (unpaired) electrons. The molecule has 0 aliphatic rings. The lowest BCUT2D eigenvalue weighted by Crippen LogP contribution is -2.07. The van der Waals surface area contributed by atoms with Crippen molar-refractivity contribution in [3.05, 3.63) is 72.8 Å². The standard InChI is InChI=1S/C22H18FN7/c23-15-5-6-17-19(11-15)29-20(28-17)4-2-10-25-22-21-18(26-13-27-22)8-7-16(30-21)14-3-1-9-24-12-14/h1,3,5-9,11-13H,2,4,10H2,(H,28,29)(H,25,26,27). The van der Waals surface area contributed by atoms with Gasteiger partial charge in [0.1, 0.15) is 23.5 Å². The van der Waals surface area contributed by atoms with Gasteiger partial charge in [0.25, 0.3) is 0 Å². The zero-order valence-corrected chi connectivity index (χ0v) is 16.0. The van der Waals surface area contributed by atoms with Gasteiger partial charge in [0, 0.05) is 30.9 Å². The highest BCUT2D eigenvalue weighted by Gasteiger charge is 2.08. The summed E-state index contributed by atoms with van der Waals surface area (Å²) < 4.78 is 13.3. The first-order chi connectivity index (χ1) is 14.8. The number of aromatic amines is 1. The smallest absolute Gasteiger partial charge is 0.156 e. The molecule has 148 valence electrons. The summed E-state index contributed by atoms with van der Waals surface area (Å²) in [5.41, 5.74) is 4.75. The summed E-state index contributed by atoms with van der Waals surface area (Å²) in [5, 5.41) is 3.35. The molecule has 30 heavy (non-hydrogen) atoms. The third-order valence-corrected chi connectivity index (χ3v) is 4.81. The van der Waals surface area contributed by atoms with Gasteiger partial charge >= 0.3 is 0 Å². The maximum atomic E-state index is 13.3. The van der Waals surface area contributed by atoms with Crippen molar-refractivity contribution in [2.45, 2.75) is 12.8 Å². The highest BCUT2D eigenvalue weighted by atomic mass is 19.1. The molecule has 0 unspecified atom stereocenters. The number of H-pyrrole nitrogens is 1. The van der Waals surface area contributed by atoms with Gasteiger partial charge in [0.15, 0.2) is 5.82 Å². The van der Waals surface area contributed by atoms with Crippen LogP contribution in [0.2, 0.25) is 0 Å². The van der Waals surface area contributed by atoms with Crippen LogP contribution in [0.25, 0.3) is 33.3 Å². The van der Waals surface area contributed by atoms with E-state index in [9.17, 15) is 4.39 Å². The van der Waals surface area contributed by atoms with E-state index in [-0.39, 0.29) is 5.82 Å². The monoisotopic (exact) mass is 399 g/mol. The fourth-order valence-corrected chi connectivity index (χ4v) is 3.36. The third kappa shape index (κ3) is 3.67. The van der Waals surface area contributed by atoms with Crippen molar-refractivity contribution in [2.24, 2.45) is 0 Å². The Bertz CT molecular complexity index is 1320. The van der Waals surface area contributed by atoms with E-state index in [0.29, 0.717) is 17.9 Å². The minimum Gasteiger partial charge on any atom is -0.368 e. The first kappa shape index (κ1) is 18.1. The molecule has 0 saturated heterocycles. The van der Waals surface area contributed by atoms with Crippen LogP contribution in [0.3, 0.4) is 0 Å². The summed E-state index contributed by atoms with van der Waals surface area (Å²) >= 11 is 0. The van der Waals surface area contributed by atoms with E-state index in [4.69, 9.17) is 4.98 Å². The largest absolute Gasteiger partial charge is 0.368 e. The first-order valence-electron chi connectivity index (χ1n) is 9.66. The van der Waals surface area contributed by atoms with Crippen LogP contribution < -0.4 is 5.32 Å². The van der Waals surface area contributed by atoms with Crippen molar-refractivity contribution < 1.29 is 4.39 Å². The maximum Gasteiger partial charge on any atom is 0.156 e. The number of nitrogens with one attached hydrogen (secondary N) is 2. The highest BCUT2D eigenvalue weighted by Crippen LogP contribution is 2.22. The van der Waals surface area contributed by atoms with Crippen molar-refractivity contribution in [3.8, 4) is 11.3 Å². The summed E-state index contributed by atoms with van der Waals surface area (Å²) in [6.45, 7) is 0.691. The number of hydrogen-bond acceptors (Lipinski definition) is 6. The van der Waals surface area contributed by atoms with E-state index >= 15 is 0 Å². The molecule has 1 aromatic carbocycles. The molecule has 0 saturated carbocycles. The van der Waals surface area contributed by atoms with Gasteiger partial charge < -0.3 is 10.3 Å². The number of nitrogens with zero attached hydrogens (tertiary/aromatic N) is 5. The van der Waals surface area contributed by atoms with Crippen LogP contribution >= 0.6 is 0 Å². The number of fused-ring (bicyclic) bond motifs is 2. The van der Waals surface area contributed by atoms with Crippen LogP contribution in [0.15, 0.2) is 61.2 Å². The molecule has 0 amide bonds. The summed E-state index contributed by atoms with van der Waals surface area (Å²) in [6, 6.07) is 12.3. The molecular formula is C22H18FN7. The lowest BCUT2D eigenvalue weighted by atomic mass is 10.2. The van der Waals surface area contributed by atoms with Crippen LogP contribution in [0.4, 0.5) is 10.2 Å². The second-order valence-electron chi connectivity index (χ2n) is 6.90. The number of pyridine rings is 2. The topological polar surface area (TPSA) is 92.3 Å². The lowest BCUT2D eigenvalue weighted by molar-refractivity contribution is 0.629. The third-order valence-electron chi connectivity index (χ3n) is 4.81. The summed E-state index contributed by atoms with van der Waals surface area (Å²) in [6.07, 6.45) is 6.62. The summed E-state index contributed by atoms with van der Waals surface area (Å²) in [4.78, 5) is 25.2. The number of halogens is 1. The van der Waals surface area contributed by atoms with E-state index in [0.717, 1.165) is 46.5 Å². The van der Waals surface area contributed by atoms with Gasteiger partial charge in [-0.3, -0.25) is 4.98 Å². The van der Waals surface area contributed by atoms with Crippen LogP contribution in [0.1, 0.15) is 12.2 Å². The Morgan fingerprint density at radius 3 is 2.83 bits per heavy atom. The normalized spacial score (nSPS) is 11.2. The molecule has 7 nitrogen and oxygen atoms in total. The van der Waals surface area contributed by atoms with Gasteiger partial charge in [-0.2, -0.15) is 0 Å². The van der Waals surface area contributed by atoms with E-state index < -0.39 is 0 Å². The van der Waals surface area contributed by atoms with Crippen LogP contribution in [0, 0.1) is 5.82 Å². The molecule has 0 aliphatic carbocycles. The predicted molar refractivity (Wildman–Crippen MR) is 113 cm³/mol. The number of aryl methyl sites for hydroxylation is 1. The molecule has 0 bridgehead atoms. The van der Waals surface area contributed by atoms with Crippen LogP contribution in [-0.4, -0.2) is 36.4 Å². The van der Waals surface area contributed by atoms with Crippen molar-refractivity contribution in [3.63, 3.8) is 0 Å². The Hall–Kier alpha value is -3.94. The number of anilines is 1. The van der Waals surface area contributed by atoms with Crippen molar-refractivity contribution >= 4 is 27.9 Å². The Kier molecular flexibility index (Phi) is 4.72. The molecule has 0 fully saturated rings. The molecule has 0 aliphatic heterocycles. The molecule has 2 N–H and O–H groups in total. The Morgan fingerprint density at radius 2 is 1.93 bits per heavy atom. The average molecular weight is 399 g/mol. The SMILES string of the molecule is Fc1ccc2nc(CCCNc3ncnc4ccc(-c5cccnc5)nc34)[nH]c2c1. The van der Waals surface area contributed by atoms with Gasteiger partial charge in [-0.15, -0.1) is 0 Å². The van der Waals surface area contributed by atoms with E-state index in [1.807, 2.05) is 24.3 Å². The van der Waals surface area contributed by atoms with Gasteiger partial charge in [-0.25, -0.2) is 24.3 Å². The van der Waals surface area contributed by atoms with Crippen LogP contribution in [0.5, 0.6) is 0 Å². The Morgan fingerprint density at radius 1 is 1.00 bits per heavy atom.